The summed E-state index contributed by atoms with van der Waals surface area (Å²) in [6.45, 7) is 5.07. The number of nitrogens with one attached hydrogen (secondary N) is 1. The number of hydrogen-bond donors (Lipinski definition) is 1. The van der Waals surface area contributed by atoms with Gasteiger partial charge in [0.2, 0.25) is 11.8 Å². The smallest absolute Gasteiger partial charge is 0.264 e. The number of fused-ring (bicyclic) bond motifs is 6. The van der Waals surface area contributed by atoms with Crippen molar-refractivity contribution >= 4 is 21.9 Å². The molecule has 1 aromatic heterocycles. The topological polar surface area (TPSA) is 101 Å². The van der Waals surface area contributed by atoms with Crippen LogP contribution in [0.4, 0.5) is 5.95 Å². The number of piperidine rings is 1. The van der Waals surface area contributed by atoms with E-state index in [1.165, 1.54) is 12.1 Å². The summed E-state index contributed by atoms with van der Waals surface area (Å²) in [5.41, 5.74) is 3.88. The minimum Gasteiger partial charge on any atom is -0.472 e. The summed E-state index contributed by atoms with van der Waals surface area (Å²) in [6, 6.07) is 13.9. The van der Waals surface area contributed by atoms with Gasteiger partial charge in [-0.05, 0) is 67.9 Å². The first-order valence-corrected chi connectivity index (χ1v) is 14.2. The van der Waals surface area contributed by atoms with Crippen LogP contribution in [-0.2, 0) is 10.0 Å². The zero-order valence-corrected chi connectivity index (χ0v) is 21.8. The number of aryl methyl sites for hydroxylation is 2. The van der Waals surface area contributed by atoms with E-state index in [9.17, 15) is 13.2 Å². The van der Waals surface area contributed by atoms with Gasteiger partial charge < -0.3 is 9.64 Å². The molecule has 192 valence electrons. The summed E-state index contributed by atoms with van der Waals surface area (Å²) < 4.78 is 35.7. The number of benzene rings is 2. The lowest BCUT2D eigenvalue weighted by Gasteiger charge is -2.44. The lowest BCUT2D eigenvalue weighted by atomic mass is 9.77. The number of carbonyl (C=O) groups excluding carboxylic acids is 1. The van der Waals surface area contributed by atoms with Gasteiger partial charge in [-0.15, -0.1) is 0 Å². The average molecular weight is 519 g/mol. The molecule has 1 aliphatic carbocycles. The molecule has 2 aliphatic heterocycles. The standard InChI is InChI=1S/C28H30N4O4S/c1-18-7-5-8-19(2)25(18)23-14-24-30-27(29-23)31-37(34,35)22-10-6-9-20(13-22)26(33)32-16-21(36-24)15-28(17-32)11-3-4-12-28/h5-10,13-14,21H,3-4,11-12,15-17H2,1-2H3,(H,29,30,31). The van der Waals surface area contributed by atoms with Gasteiger partial charge in [-0.1, -0.05) is 37.1 Å². The number of anilines is 1. The molecule has 1 unspecified atom stereocenters. The number of aromatic nitrogens is 2. The quantitative estimate of drug-likeness (QED) is 0.500. The normalized spacial score (nSPS) is 21.8. The SMILES string of the molecule is Cc1cccc(C)c1-c1cc2nc(n1)NS(=O)(=O)c1cccc(c1)C(=O)N1CC(CC3(CCCC3)C1)O2. The highest BCUT2D eigenvalue weighted by molar-refractivity contribution is 7.92. The monoisotopic (exact) mass is 518 g/mol. The molecule has 1 atom stereocenters. The van der Waals surface area contributed by atoms with E-state index in [-0.39, 0.29) is 28.3 Å². The van der Waals surface area contributed by atoms with Gasteiger partial charge in [0.05, 0.1) is 17.1 Å². The second kappa shape index (κ2) is 8.83. The lowest BCUT2D eigenvalue weighted by molar-refractivity contribution is 0.00590. The molecule has 2 fully saturated rings. The van der Waals surface area contributed by atoms with Gasteiger partial charge >= 0.3 is 0 Å². The third-order valence-corrected chi connectivity index (χ3v) is 9.23. The highest BCUT2D eigenvalue weighted by Gasteiger charge is 2.44. The molecule has 0 radical (unpaired) electrons. The molecule has 2 aromatic carbocycles. The summed E-state index contributed by atoms with van der Waals surface area (Å²) in [4.78, 5) is 24.5. The third-order valence-electron chi connectivity index (χ3n) is 7.91. The molecule has 1 spiro atoms. The number of ether oxygens (including phenoxy) is 1. The first-order chi connectivity index (χ1) is 17.7. The van der Waals surface area contributed by atoms with Crippen LogP contribution in [0.1, 0.15) is 53.6 Å². The Morgan fingerprint density at radius 1 is 1.03 bits per heavy atom. The maximum Gasteiger partial charge on any atom is 0.264 e. The number of sulfonamides is 1. The summed E-state index contributed by atoms with van der Waals surface area (Å²) in [5, 5.41) is 0. The van der Waals surface area contributed by atoms with Crippen molar-refractivity contribution in [2.24, 2.45) is 5.41 Å². The van der Waals surface area contributed by atoms with Gasteiger partial charge in [-0.3, -0.25) is 4.79 Å². The molecule has 6 rings (SSSR count). The predicted molar refractivity (Wildman–Crippen MR) is 140 cm³/mol. The molecule has 1 N–H and O–H groups in total. The minimum atomic E-state index is -4.05. The van der Waals surface area contributed by atoms with Crippen molar-refractivity contribution in [3.63, 3.8) is 0 Å². The Morgan fingerprint density at radius 3 is 2.51 bits per heavy atom. The number of carbonyl (C=O) groups is 1. The molecule has 9 heteroatoms. The van der Waals surface area contributed by atoms with Crippen LogP contribution in [0.3, 0.4) is 0 Å². The van der Waals surface area contributed by atoms with E-state index in [0.29, 0.717) is 30.2 Å². The highest BCUT2D eigenvalue weighted by atomic mass is 32.2. The molecule has 3 aromatic rings. The van der Waals surface area contributed by atoms with Crippen molar-refractivity contribution in [1.29, 1.82) is 0 Å². The molecule has 1 saturated heterocycles. The molecule has 3 heterocycles. The fraction of sp³-hybridized carbons (Fsp3) is 0.393. The number of hydrogen-bond acceptors (Lipinski definition) is 6. The van der Waals surface area contributed by atoms with Crippen molar-refractivity contribution in [2.45, 2.75) is 57.0 Å². The van der Waals surface area contributed by atoms with Gasteiger partial charge in [0, 0.05) is 23.7 Å². The molecule has 1 amide bonds. The first-order valence-electron chi connectivity index (χ1n) is 12.8. The van der Waals surface area contributed by atoms with Crippen LogP contribution in [0.25, 0.3) is 11.3 Å². The summed E-state index contributed by atoms with van der Waals surface area (Å²) in [5.74, 6) is 0.0584. The summed E-state index contributed by atoms with van der Waals surface area (Å²) in [7, 11) is -4.05. The van der Waals surface area contributed by atoms with Crippen molar-refractivity contribution in [3.05, 3.63) is 65.2 Å². The van der Waals surface area contributed by atoms with Crippen LogP contribution in [0, 0.1) is 19.3 Å². The van der Waals surface area contributed by atoms with Crippen LogP contribution in [-0.4, -0.2) is 48.4 Å². The van der Waals surface area contributed by atoms with Crippen LogP contribution >= 0.6 is 0 Å². The van der Waals surface area contributed by atoms with Gasteiger partial charge in [0.25, 0.3) is 15.9 Å². The van der Waals surface area contributed by atoms with Crippen LogP contribution < -0.4 is 9.46 Å². The Balaban J connectivity index is 1.52. The van der Waals surface area contributed by atoms with E-state index in [4.69, 9.17) is 4.74 Å². The van der Waals surface area contributed by atoms with Crippen LogP contribution in [0.5, 0.6) is 5.88 Å². The largest absolute Gasteiger partial charge is 0.472 e. The Kier molecular flexibility index (Phi) is 5.71. The van der Waals surface area contributed by atoms with E-state index in [2.05, 4.69) is 14.7 Å². The second-order valence-corrected chi connectivity index (χ2v) is 12.3. The summed E-state index contributed by atoms with van der Waals surface area (Å²) >= 11 is 0. The van der Waals surface area contributed by atoms with Crippen molar-refractivity contribution < 1.29 is 17.9 Å². The number of amides is 1. The molecule has 6 bridgehead atoms. The zero-order valence-electron chi connectivity index (χ0n) is 21.0. The van der Waals surface area contributed by atoms with Crippen molar-refractivity contribution in [1.82, 2.24) is 14.9 Å². The lowest BCUT2D eigenvalue weighted by Crippen LogP contribution is -2.52. The van der Waals surface area contributed by atoms with Crippen LogP contribution in [0.2, 0.25) is 0 Å². The minimum absolute atomic E-state index is 0.00594. The molecule has 8 nitrogen and oxygen atoms in total. The molecular formula is C28H30N4O4S. The average Bonchev–Trinajstić information content (AvgIpc) is 3.29. The van der Waals surface area contributed by atoms with E-state index in [1.807, 2.05) is 36.9 Å². The Bertz CT molecular complexity index is 1480. The second-order valence-electron chi connectivity index (χ2n) is 10.7. The predicted octanol–water partition coefficient (Wildman–Crippen LogP) is 4.73. The van der Waals surface area contributed by atoms with Gasteiger partial charge in [0.1, 0.15) is 6.10 Å². The zero-order chi connectivity index (χ0) is 25.8. The maximum atomic E-state index is 13.6. The molecule has 37 heavy (non-hydrogen) atoms. The van der Waals surface area contributed by atoms with Crippen molar-refractivity contribution in [3.8, 4) is 17.1 Å². The Labute approximate surface area is 217 Å². The third kappa shape index (κ3) is 4.45. The fourth-order valence-corrected chi connectivity index (χ4v) is 7.24. The van der Waals surface area contributed by atoms with E-state index >= 15 is 0 Å². The fourth-order valence-electron chi connectivity index (χ4n) is 6.25. The van der Waals surface area contributed by atoms with Crippen molar-refractivity contribution in [2.75, 3.05) is 17.8 Å². The van der Waals surface area contributed by atoms with Gasteiger partial charge in [0.15, 0.2) is 0 Å². The Hall–Kier alpha value is -3.46. The summed E-state index contributed by atoms with van der Waals surface area (Å²) in [6.07, 6.45) is 4.96. The number of nitrogens with zero attached hydrogens (tertiary/aromatic N) is 3. The van der Waals surface area contributed by atoms with E-state index < -0.39 is 10.0 Å². The maximum absolute atomic E-state index is 13.6. The van der Waals surface area contributed by atoms with Gasteiger partial charge in [-0.25, -0.2) is 18.1 Å². The van der Waals surface area contributed by atoms with Crippen LogP contribution in [0.15, 0.2) is 53.4 Å². The molecule has 3 aliphatic rings. The van der Waals surface area contributed by atoms with E-state index in [0.717, 1.165) is 48.8 Å². The number of rotatable bonds is 1. The van der Waals surface area contributed by atoms with E-state index in [1.54, 1.807) is 18.2 Å². The molecule has 1 saturated carbocycles. The Morgan fingerprint density at radius 2 is 1.76 bits per heavy atom. The van der Waals surface area contributed by atoms with Gasteiger partial charge in [-0.2, -0.15) is 4.98 Å². The molecular weight excluding hydrogens is 488 g/mol. The first kappa shape index (κ1) is 23.9. The highest BCUT2D eigenvalue weighted by Crippen LogP contribution is 2.46.